The van der Waals surface area contributed by atoms with Gasteiger partial charge in [0.1, 0.15) is 6.61 Å². The van der Waals surface area contributed by atoms with Gasteiger partial charge in [0, 0.05) is 17.9 Å². The molecule has 0 saturated heterocycles. The highest BCUT2D eigenvalue weighted by molar-refractivity contribution is 5.85. The number of fused-ring (bicyclic) bond motifs is 3. The van der Waals surface area contributed by atoms with Crippen LogP contribution >= 0.6 is 0 Å². The molecule has 0 bridgehead atoms. The molecule has 1 saturated carbocycles. The topological polar surface area (TPSA) is 105 Å². The van der Waals surface area contributed by atoms with Crippen LogP contribution in [0.3, 0.4) is 0 Å². The van der Waals surface area contributed by atoms with E-state index in [4.69, 9.17) is 9.84 Å². The summed E-state index contributed by atoms with van der Waals surface area (Å²) in [5.74, 6) is -4.12. The van der Waals surface area contributed by atoms with Gasteiger partial charge in [-0.15, -0.1) is 0 Å². The minimum Gasteiger partial charge on any atom is -0.479 e. The molecule has 2 aliphatic rings. The second-order valence-corrected chi connectivity index (χ2v) is 8.85. The van der Waals surface area contributed by atoms with Crippen molar-refractivity contribution in [2.45, 2.75) is 49.9 Å². The first-order valence-corrected chi connectivity index (χ1v) is 11.4. The van der Waals surface area contributed by atoms with E-state index in [-0.39, 0.29) is 18.9 Å². The summed E-state index contributed by atoms with van der Waals surface area (Å²) in [6.07, 6.45) is -4.34. The summed E-state index contributed by atoms with van der Waals surface area (Å²) < 4.78 is 44.1. The van der Waals surface area contributed by atoms with Crippen molar-refractivity contribution in [3.05, 3.63) is 59.7 Å². The molecular formula is C25H25F3N2O5. The number of carboxylic acids is 1. The Morgan fingerprint density at radius 1 is 1.00 bits per heavy atom. The van der Waals surface area contributed by atoms with Gasteiger partial charge in [0.25, 0.3) is 0 Å². The maximum Gasteiger partial charge on any atom is 0.419 e. The average Bonchev–Trinajstić information content (AvgIpc) is 3.14. The van der Waals surface area contributed by atoms with Crippen LogP contribution in [0.2, 0.25) is 0 Å². The Balaban J connectivity index is 1.33. The fraction of sp³-hybridized carbons (Fsp3) is 0.400. The number of carboxylic acid groups (broad SMARTS) is 1. The van der Waals surface area contributed by atoms with Gasteiger partial charge < -0.3 is 20.5 Å². The number of rotatable bonds is 6. The minimum absolute atomic E-state index is 0.0974. The van der Waals surface area contributed by atoms with Crippen molar-refractivity contribution >= 4 is 18.0 Å². The second-order valence-electron chi connectivity index (χ2n) is 8.85. The first-order chi connectivity index (χ1) is 16.6. The standard InChI is InChI=1S/C25H25F3N2O5/c26-25(27,28)21(23(32)33)30-22(31)14-6-5-7-15(12-14)29-24(34)35-13-20-18-10-3-1-8-16(18)17-9-2-4-11-19(17)20/h1-4,8-11,14-15,20-21H,5-7,12-13H2,(H,29,34)(H,30,31)(H,32,33). The Morgan fingerprint density at radius 2 is 1.60 bits per heavy atom. The number of aliphatic carboxylic acids is 1. The van der Waals surface area contributed by atoms with Crippen LogP contribution in [0.5, 0.6) is 0 Å². The molecule has 3 N–H and O–H groups in total. The molecule has 3 atom stereocenters. The van der Waals surface area contributed by atoms with Gasteiger partial charge in [-0.05, 0) is 41.5 Å². The van der Waals surface area contributed by atoms with E-state index in [1.165, 1.54) is 0 Å². The lowest BCUT2D eigenvalue weighted by molar-refractivity contribution is -0.182. The minimum atomic E-state index is -5.10. The molecule has 0 heterocycles. The molecule has 2 aromatic carbocycles. The van der Waals surface area contributed by atoms with Crippen LogP contribution in [-0.4, -0.2) is 47.9 Å². The fourth-order valence-corrected chi connectivity index (χ4v) is 4.91. The zero-order valence-corrected chi connectivity index (χ0v) is 18.7. The Bertz CT molecular complexity index is 1070. The summed E-state index contributed by atoms with van der Waals surface area (Å²) in [7, 11) is 0. The highest BCUT2D eigenvalue weighted by Crippen LogP contribution is 2.44. The quantitative estimate of drug-likeness (QED) is 0.563. The summed E-state index contributed by atoms with van der Waals surface area (Å²) in [5, 5.41) is 13.1. The number of hydrogen-bond donors (Lipinski definition) is 3. The van der Waals surface area contributed by atoms with Crippen LogP contribution in [0.1, 0.15) is 42.7 Å². The van der Waals surface area contributed by atoms with E-state index in [1.807, 2.05) is 48.5 Å². The Morgan fingerprint density at radius 3 is 2.17 bits per heavy atom. The van der Waals surface area contributed by atoms with E-state index in [0.717, 1.165) is 22.3 Å². The number of nitrogens with one attached hydrogen (secondary N) is 2. The van der Waals surface area contributed by atoms with Crippen molar-refractivity contribution in [1.29, 1.82) is 0 Å². The van der Waals surface area contributed by atoms with Crippen molar-refractivity contribution in [1.82, 2.24) is 10.6 Å². The molecule has 0 spiro atoms. The van der Waals surface area contributed by atoms with Crippen molar-refractivity contribution in [3.63, 3.8) is 0 Å². The third-order valence-electron chi connectivity index (χ3n) is 6.57. The van der Waals surface area contributed by atoms with E-state index in [9.17, 15) is 27.6 Å². The van der Waals surface area contributed by atoms with Gasteiger partial charge in [-0.1, -0.05) is 55.0 Å². The predicted octanol–water partition coefficient (Wildman–Crippen LogP) is 4.22. The van der Waals surface area contributed by atoms with Gasteiger partial charge in [0.05, 0.1) is 0 Å². The summed E-state index contributed by atoms with van der Waals surface area (Å²) in [4.78, 5) is 35.7. The number of alkyl carbamates (subject to hydrolysis) is 1. The summed E-state index contributed by atoms with van der Waals surface area (Å²) in [6.45, 7) is 0.113. The van der Waals surface area contributed by atoms with E-state index in [2.05, 4.69) is 5.32 Å². The van der Waals surface area contributed by atoms with Crippen LogP contribution in [0.4, 0.5) is 18.0 Å². The number of carbonyl (C=O) groups excluding carboxylic acids is 2. The van der Waals surface area contributed by atoms with Gasteiger partial charge in [-0.2, -0.15) is 13.2 Å². The summed E-state index contributed by atoms with van der Waals surface area (Å²) in [5.41, 5.74) is 4.32. The maximum atomic E-state index is 12.9. The largest absolute Gasteiger partial charge is 0.479 e. The molecule has 35 heavy (non-hydrogen) atoms. The molecule has 186 valence electrons. The van der Waals surface area contributed by atoms with Crippen LogP contribution < -0.4 is 10.6 Å². The molecule has 2 amide bonds. The third-order valence-corrected chi connectivity index (χ3v) is 6.57. The summed E-state index contributed by atoms with van der Waals surface area (Å²) in [6, 6.07) is 12.4. The molecule has 4 rings (SSSR count). The van der Waals surface area contributed by atoms with Crippen molar-refractivity contribution in [3.8, 4) is 11.1 Å². The van der Waals surface area contributed by atoms with Gasteiger partial charge in [-0.3, -0.25) is 4.79 Å². The molecular weight excluding hydrogens is 465 g/mol. The number of alkyl halides is 3. The van der Waals surface area contributed by atoms with E-state index >= 15 is 0 Å². The normalized spacial score (nSPS) is 20.3. The lowest BCUT2D eigenvalue weighted by atomic mass is 9.85. The number of amides is 2. The number of benzene rings is 2. The molecule has 0 radical (unpaired) electrons. The molecule has 10 heteroatoms. The molecule has 1 fully saturated rings. The molecule has 0 aromatic heterocycles. The average molecular weight is 490 g/mol. The number of halogens is 3. The van der Waals surface area contributed by atoms with Crippen LogP contribution in [0, 0.1) is 5.92 Å². The van der Waals surface area contributed by atoms with Crippen LogP contribution in [0.25, 0.3) is 11.1 Å². The Hall–Kier alpha value is -3.56. The van der Waals surface area contributed by atoms with Gasteiger partial charge in [-0.25, -0.2) is 9.59 Å². The number of hydrogen-bond acceptors (Lipinski definition) is 4. The van der Waals surface area contributed by atoms with Crippen molar-refractivity contribution in [2.75, 3.05) is 6.61 Å². The fourth-order valence-electron chi connectivity index (χ4n) is 4.91. The van der Waals surface area contributed by atoms with E-state index in [1.54, 1.807) is 5.32 Å². The second kappa shape index (κ2) is 9.97. The monoisotopic (exact) mass is 490 g/mol. The van der Waals surface area contributed by atoms with Crippen LogP contribution in [0.15, 0.2) is 48.5 Å². The van der Waals surface area contributed by atoms with Crippen molar-refractivity contribution < 1.29 is 37.4 Å². The molecule has 0 aliphatic heterocycles. The molecule has 2 aliphatic carbocycles. The van der Waals surface area contributed by atoms with Gasteiger partial charge in [0.2, 0.25) is 11.9 Å². The van der Waals surface area contributed by atoms with E-state index < -0.39 is 42.1 Å². The van der Waals surface area contributed by atoms with E-state index in [0.29, 0.717) is 19.3 Å². The summed E-state index contributed by atoms with van der Waals surface area (Å²) >= 11 is 0. The predicted molar refractivity (Wildman–Crippen MR) is 120 cm³/mol. The third kappa shape index (κ3) is 5.41. The van der Waals surface area contributed by atoms with Crippen LogP contribution in [-0.2, 0) is 14.3 Å². The van der Waals surface area contributed by atoms with Gasteiger partial charge in [0.15, 0.2) is 0 Å². The lowest BCUT2D eigenvalue weighted by Crippen LogP contribution is -2.53. The lowest BCUT2D eigenvalue weighted by Gasteiger charge is -2.30. The van der Waals surface area contributed by atoms with Crippen molar-refractivity contribution in [2.24, 2.45) is 5.92 Å². The highest BCUT2D eigenvalue weighted by Gasteiger charge is 2.47. The SMILES string of the molecule is O=C(NC1CCCC(C(=O)NC(C(=O)O)C(F)(F)F)C1)OCC1c2ccccc2-c2ccccc21. The molecule has 7 nitrogen and oxygen atoms in total. The van der Waals surface area contributed by atoms with Gasteiger partial charge >= 0.3 is 18.2 Å². The Kier molecular flexibility index (Phi) is 7.00. The first kappa shape index (κ1) is 24.6. The molecule has 3 unspecified atom stereocenters. The smallest absolute Gasteiger partial charge is 0.419 e. The first-order valence-electron chi connectivity index (χ1n) is 11.4. The zero-order chi connectivity index (χ0) is 25.2. The molecule has 2 aromatic rings. The zero-order valence-electron chi connectivity index (χ0n) is 18.7. The Labute approximate surface area is 199 Å². The maximum absolute atomic E-state index is 12.9. The number of carbonyl (C=O) groups is 3. The number of ether oxygens (including phenoxy) is 1. The highest BCUT2D eigenvalue weighted by atomic mass is 19.4.